The summed E-state index contributed by atoms with van der Waals surface area (Å²) in [5, 5.41) is 18.3. The largest absolute Gasteiger partial charge is 0.463 e. The van der Waals surface area contributed by atoms with E-state index in [1.807, 2.05) is 18.2 Å². The number of aromatic amines is 1. The van der Waals surface area contributed by atoms with E-state index in [9.17, 15) is 19.7 Å². The zero-order chi connectivity index (χ0) is 25.2. The normalized spacial score (nSPS) is 10.8. The summed E-state index contributed by atoms with van der Waals surface area (Å²) in [6.07, 6.45) is 1.46. The summed E-state index contributed by atoms with van der Waals surface area (Å²) >= 11 is 6.13. The second-order valence-electron chi connectivity index (χ2n) is 7.50. The first-order valence-electron chi connectivity index (χ1n) is 10.5. The maximum absolute atomic E-state index is 13.1. The van der Waals surface area contributed by atoms with Gasteiger partial charge in [0, 0.05) is 29.8 Å². The number of carbonyl (C=O) groups excluding carboxylic acids is 1. The van der Waals surface area contributed by atoms with Crippen molar-refractivity contribution in [2.45, 2.75) is 0 Å². The lowest BCUT2D eigenvalue weighted by atomic mass is 10.1. The van der Waals surface area contributed by atoms with Gasteiger partial charge < -0.3 is 9.73 Å². The number of hydrogen-bond acceptors (Lipinski definition) is 7. The van der Waals surface area contributed by atoms with E-state index in [-0.39, 0.29) is 28.0 Å². The molecule has 178 valence electrons. The van der Waals surface area contributed by atoms with Crippen LogP contribution in [0.25, 0.3) is 28.7 Å². The van der Waals surface area contributed by atoms with Gasteiger partial charge in [-0.25, -0.2) is 4.98 Å². The third-order valence-electron chi connectivity index (χ3n) is 5.13. The number of nitrogens with zero attached hydrogens (tertiary/aromatic N) is 4. The monoisotopic (exact) mass is 502 g/mol. The number of rotatable bonds is 6. The molecule has 5 rings (SSSR count). The van der Waals surface area contributed by atoms with Crippen molar-refractivity contribution in [3.8, 4) is 28.7 Å². The van der Waals surface area contributed by atoms with Crippen LogP contribution < -0.4 is 10.9 Å². The van der Waals surface area contributed by atoms with Gasteiger partial charge in [-0.15, -0.1) is 0 Å². The molecule has 3 heterocycles. The molecule has 1 amide bonds. The molecule has 3 aromatic heterocycles. The standard InChI is InChI=1S/C24H15ClN6O5/c25-17-9-8-15(31(34)35)11-16(17)23(33)27-21-12-19(20-7-4-10-36-20)29-30(21)24-26-18(13-22(32)28-24)14-5-2-1-3-6-14/h1-13H,(H,27,33)(H,26,28,32). The summed E-state index contributed by atoms with van der Waals surface area (Å²) in [7, 11) is 0. The molecule has 0 unspecified atom stereocenters. The Morgan fingerprint density at radius 1 is 1.06 bits per heavy atom. The minimum Gasteiger partial charge on any atom is -0.463 e. The molecule has 0 saturated carbocycles. The van der Waals surface area contributed by atoms with Gasteiger partial charge in [0.25, 0.3) is 17.2 Å². The molecule has 0 saturated heterocycles. The molecule has 0 atom stereocenters. The van der Waals surface area contributed by atoms with Gasteiger partial charge in [0.15, 0.2) is 5.76 Å². The maximum atomic E-state index is 13.1. The number of nitrogens with one attached hydrogen (secondary N) is 2. The van der Waals surface area contributed by atoms with Crippen molar-refractivity contribution in [2.24, 2.45) is 0 Å². The maximum Gasteiger partial charge on any atom is 0.270 e. The molecular weight excluding hydrogens is 488 g/mol. The van der Waals surface area contributed by atoms with Gasteiger partial charge >= 0.3 is 0 Å². The van der Waals surface area contributed by atoms with Crippen molar-refractivity contribution < 1.29 is 14.1 Å². The number of amides is 1. The number of H-pyrrole nitrogens is 1. The Morgan fingerprint density at radius 2 is 1.86 bits per heavy atom. The summed E-state index contributed by atoms with van der Waals surface area (Å²) in [6, 6.07) is 18.8. The van der Waals surface area contributed by atoms with Gasteiger partial charge in [-0.05, 0) is 18.2 Å². The molecule has 36 heavy (non-hydrogen) atoms. The predicted molar refractivity (Wildman–Crippen MR) is 131 cm³/mol. The Labute approximate surface area is 207 Å². The van der Waals surface area contributed by atoms with Crippen LogP contribution in [0.1, 0.15) is 10.4 Å². The van der Waals surface area contributed by atoms with E-state index in [0.717, 1.165) is 6.07 Å². The second kappa shape index (κ2) is 9.31. The predicted octanol–water partition coefficient (Wildman–Crippen LogP) is 4.70. The fourth-order valence-corrected chi connectivity index (χ4v) is 3.67. The van der Waals surface area contributed by atoms with Gasteiger partial charge in [0.05, 0.1) is 27.5 Å². The van der Waals surface area contributed by atoms with E-state index in [1.54, 1.807) is 24.3 Å². The average Bonchev–Trinajstić information content (AvgIpc) is 3.55. The number of nitro groups is 1. The van der Waals surface area contributed by atoms with Crippen LogP contribution in [-0.4, -0.2) is 30.6 Å². The summed E-state index contributed by atoms with van der Waals surface area (Å²) in [4.78, 5) is 43.2. The highest BCUT2D eigenvalue weighted by Crippen LogP contribution is 2.27. The number of hydrogen-bond donors (Lipinski definition) is 2. The van der Waals surface area contributed by atoms with Gasteiger partial charge in [-0.3, -0.25) is 24.7 Å². The lowest BCUT2D eigenvalue weighted by molar-refractivity contribution is -0.384. The highest BCUT2D eigenvalue weighted by atomic mass is 35.5. The van der Waals surface area contributed by atoms with Crippen LogP contribution in [0.5, 0.6) is 0 Å². The fourth-order valence-electron chi connectivity index (χ4n) is 3.46. The number of aromatic nitrogens is 4. The molecule has 5 aromatic rings. The fraction of sp³-hybridized carbons (Fsp3) is 0. The lowest BCUT2D eigenvalue weighted by Gasteiger charge is -2.10. The molecule has 0 aliphatic rings. The molecule has 12 heteroatoms. The molecule has 0 radical (unpaired) electrons. The first kappa shape index (κ1) is 22.7. The van der Waals surface area contributed by atoms with Gasteiger partial charge in [0.1, 0.15) is 11.5 Å². The summed E-state index contributed by atoms with van der Waals surface area (Å²) in [5.41, 5.74) is 0.593. The molecule has 2 aromatic carbocycles. The van der Waals surface area contributed by atoms with Crippen molar-refractivity contribution in [1.29, 1.82) is 0 Å². The highest BCUT2D eigenvalue weighted by Gasteiger charge is 2.21. The first-order valence-corrected chi connectivity index (χ1v) is 10.8. The van der Waals surface area contributed by atoms with E-state index >= 15 is 0 Å². The van der Waals surface area contributed by atoms with E-state index in [2.05, 4.69) is 20.4 Å². The lowest BCUT2D eigenvalue weighted by Crippen LogP contribution is -2.19. The summed E-state index contributed by atoms with van der Waals surface area (Å²) in [6.45, 7) is 0. The van der Waals surface area contributed by atoms with Crippen LogP contribution >= 0.6 is 11.6 Å². The van der Waals surface area contributed by atoms with Crippen LogP contribution in [0, 0.1) is 10.1 Å². The van der Waals surface area contributed by atoms with Crippen molar-refractivity contribution in [3.63, 3.8) is 0 Å². The Morgan fingerprint density at radius 3 is 2.58 bits per heavy atom. The smallest absolute Gasteiger partial charge is 0.270 e. The Hall–Kier alpha value is -5.03. The van der Waals surface area contributed by atoms with E-state index in [0.29, 0.717) is 22.7 Å². The zero-order valence-corrected chi connectivity index (χ0v) is 19.0. The number of furan rings is 1. The number of carbonyl (C=O) groups is 1. The van der Waals surface area contributed by atoms with E-state index < -0.39 is 16.4 Å². The topological polar surface area (TPSA) is 149 Å². The minimum absolute atomic E-state index is 0.0213. The number of anilines is 1. The van der Waals surface area contributed by atoms with E-state index in [4.69, 9.17) is 16.0 Å². The molecule has 2 N–H and O–H groups in total. The third kappa shape index (κ3) is 4.50. The zero-order valence-electron chi connectivity index (χ0n) is 18.2. The molecule has 11 nitrogen and oxygen atoms in total. The van der Waals surface area contributed by atoms with Crippen molar-refractivity contribution in [3.05, 3.63) is 110 Å². The van der Waals surface area contributed by atoms with Crippen LogP contribution in [0.15, 0.2) is 88.3 Å². The highest BCUT2D eigenvalue weighted by molar-refractivity contribution is 6.34. The van der Waals surface area contributed by atoms with Crippen LogP contribution in [0.2, 0.25) is 5.02 Å². The quantitative estimate of drug-likeness (QED) is 0.252. The summed E-state index contributed by atoms with van der Waals surface area (Å²) < 4.78 is 6.65. The van der Waals surface area contributed by atoms with Gasteiger partial charge in [0.2, 0.25) is 5.95 Å². The van der Waals surface area contributed by atoms with Crippen LogP contribution in [0.3, 0.4) is 0 Å². The van der Waals surface area contributed by atoms with Crippen molar-refractivity contribution in [1.82, 2.24) is 19.7 Å². The van der Waals surface area contributed by atoms with Crippen molar-refractivity contribution in [2.75, 3.05) is 5.32 Å². The molecule has 0 aliphatic carbocycles. The number of non-ortho nitro benzene ring substituents is 1. The molecular formula is C24H15ClN6O5. The van der Waals surface area contributed by atoms with Crippen LogP contribution in [-0.2, 0) is 0 Å². The number of nitro benzene ring substituents is 1. The average molecular weight is 503 g/mol. The van der Waals surface area contributed by atoms with Gasteiger partial charge in [-0.1, -0.05) is 41.9 Å². The molecule has 0 aliphatic heterocycles. The third-order valence-corrected chi connectivity index (χ3v) is 5.46. The SMILES string of the molecule is O=C(Nc1cc(-c2ccco2)nn1-c1nc(-c2ccccc2)cc(=O)[nH]1)c1cc([N+](=O)[O-])ccc1Cl. The summed E-state index contributed by atoms with van der Waals surface area (Å²) in [5.74, 6) is -0.182. The Kier molecular flexibility index (Phi) is 5.88. The van der Waals surface area contributed by atoms with E-state index in [1.165, 1.54) is 35.2 Å². The number of benzene rings is 2. The second-order valence-corrected chi connectivity index (χ2v) is 7.91. The van der Waals surface area contributed by atoms with Crippen molar-refractivity contribution >= 4 is 29.0 Å². The number of halogens is 1. The Bertz CT molecular complexity index is 1640. The molecule has 0 fully saturated rings. The molecule has 0 spiro atoms. The van der Waals surface area contributed by atoms with Crippen LogP contribution in [0.4, 0.5) is 11.5 Å². The first-order chi connectivity index (χ1) is 17.4. The minimum atomic E-state index is -0.725. The Balaban J connectivity index is 1.60. The molecule has 0 bridgehead atoms. The van der Waals surface area contributed by atoms with Gasteiger partial charge in [-0.2, -0.15) is 9.78 Å².